The molecule has 1 aliphatic rings. The standard InChI is InChI=1S/C15H24N2O/c1-4-12(3)17-8-7-14(16-17)10-13-9-11(2)5-6-15(13)18/h7-8,11-13H,4-6,9-10H2,1-3H3. The van der Waals surface area contributed by atoms with E-state index in [4.69, 9.17) is 0 Å². The van der Waals surface area contributed by atoms with E-state index in [1.807, 2.05) is 10.9 Å². The number of rotatable bonds is 4. The molecular weight excluding hydrogens is 224 g/mol. The lowest BCUT2D eigenvalue weighted by Gasteiger charge is -2.24. The van der Waals surface area contributed by atoms with E-state index in [1.54, 1.807) is 0 Å². The van der Waals surface area contributed by atoms with Gasteiger partial charge in [-0.05, 0) is 38.2 Å². The number of Topliss-reactive ketones (excluding diaryl/α,β-unsaturated/α-hetero) is 1. The van der Waals surface area contributed by atoms with Crippen LogP contribution in [0.5, 0.6) is 0 Å². The molecule has 0 amide bonds. The van der Waals surface area contributed by atoms with Crippen LogP contribution in [-0.4, -0.2) is 15.6 Å². The lowest BCUT2D eigenvalue weighted by Crippen LogP contribution is -2.25. The Balaban J connectivity index is 2.00. The first-order valence-electron chi connectivity index (χ1n) is 7.16. The molecular formula is C15H24N2O. The second-order valence-corrected chi connectivity index (χ2v) is 5.79. The van der Waals surface area contributed by atoms with Crippen LogP contribution in [0.2, 0.25) is 0 Å². The van der Waals surface area contributed by atoms with Gasteiger partial charge in [0, 0.05) is 31.0 Å². The van der Waals surface area contributed by atoms with Crippen molar-refractivity contribution in [2.75, 3.05) is 0 Å². The topological polar surface area (TPSA) is 34.9 Å². The fraction of sp³-hybridized carbons (Fsp3) is 0.733. The van der Waals surface area contributed by atoms with Crippen LogP contribution in [0, 0.1) is 11.8 Å². The first-order chi connectivity index (χ1) is 8.60. The van der Waals surface area contributed by atoms with Crippen molar-refractivity contribution in [2.45, 2.75) is 58.9 Å². The molecule has 0 saturated heterocycles. The summed E-state index contributed by atoms with van der Waals surface area (Å²) in [6.07, 6.45) is 6.82. The van der Waals surface area contributed by atoms with Crippen molar-refractivity contribution in [3.63, 3.8) is 0 Å². The third kappa shape index (κ3) is 3.01. The first-order valence-corrected chi connectivity index (χ1v) is 7.16. The molecule has 1 aromatic heterocycles. The number of hydrogen-bond donors (Lipinski definition) is 0. The molecule has 2 rings (SSSR count). The molecule has 1 heterocycles. The van der Waals surface area contributed by atoms with Crippen LogP contribution in [0.15, 0.2) is 12.3 Å². The number of aromatic nitrogens is 2. The lowest BCUT2D eigenvalue weighted by atomic mass is 9.79. The maximum absolute atomic E-state index is 11.9. The van der Waals surface area contributed by atoms with Crippen molar-refractivity contribution in [1.29, 1.82) is 0 Å². The second kappa shape index (κ2) is 5.68. The molecule has 3 nitrogen and oxygen atoms in total. The van der Waals surface area contributed by atoms with E-state index in [-0.39, 0.29) is 5.92 Å². The quantitative estimate of drug-likeness (QED) is 0.818. The van der Waals surface area contributed by atoms with Crippen LogP contribution >= 0.6 is 0 Å². The number of ketones is 1. The average molecular weight is 248 g/mol. The summed E-state index contributed by atoms with van der Waals surface area (Å²) >= 11 is 0. The van der Waals surface area contributed by atoms with Crippen molar-refractivity contribution >= 4 is 5.78 Å². The Kier molecular flexibility index (Phi) is 4.20. The number of nitrogens with zero attached hydrogens (tertiary/aromatic N) is 2. The van der Waals surface area contributed by atoms with Crippen LogP contribution in [0.4, 0.5) is 0 Å². The highest BCUT2D eigenvalue weighted by atomic mass is 16.1. The first kappa shape index (κ1) is 13.3. The predicted octanol–water partition coefficient (Wildman–Crippen LogP) is 3.40. The highest BCUT2D eigenvalue weighted by Gasteiger charge is 2.27. The molecule has 0 aromatic carbocycles. The van der Waals surface area contributed by atoms with Gasteiger partial charge in [0.2, 0.25) is 0 Å². The van der Waals surface area contributed by atoms with Crippen LogP contribution in [0.1, 0.15) is 58.2 Å². The normalized spacial score (nSPS) is 26.3. The molecule has 1 fully saturated rings. The molecule has 0 bridgehead atoms. The Morgan fingerprint density at radius 3 is 3.06 bits per heavy atom. The highest BCUT2D eigenvalue weighted by molar-refractivity contribution is 5.81. The summed E-state index contributed by atoms with van der Waals surface area (Å²) in [6.45, 7) is 6.58. The second-order valence-electron chi connectivity index (χ2n) is 5.79. The molecule has 1 aliphatic carbocycles. The largest absolute Gasteiger partial charge is 0.299 e. The van der Waals surface area contributed by atoms with E-state index in [0.717, 1.165) is 37.8 Å². The summed E-state index contributed by atoms with van der Waals surface area (Å²) < 4.78 is 2.02. The van der Waals surface area contributed by atoms with E-state index < -0.39 is 0 Å². The van der Waals surface area contributed by atoms with Crippen molar-refractivity contribution in [3.05, 3.63) is 18.0 Å². The SMILES string of the molecule is CCC(C)n1ccc(CC2CC(C)CCC2=O)n1. The van der Waals surface area contributed by atoms with Gasteiger partial charge >= 0.3 is 0 Å². The summed E-state index contributed by atoms with van der Waals surface area (Å²) in [7, 11) is 0. The summed E-state index contributed by atoms with van der Waals surface area (Å²) in [6, 6.07) is 2.51. The van der Waals surface area contributed by atoms with E-state index >= 15 is 0 Å². The Labute approximate surface area is 110 Å². The molecule has 100 valence electrons. The van der Waals surface area contributed by atoms with Gasteiger partial charge < -0.3 is 0 Å². The van der Waals surface area contributed by atoms with Gasteiger partial charge in [-0.3, -0.25) is 9.48 Å². The lowest BCUT2D eigenvalue weighted by molar-refractivity contribution is -0.125. The zero-order valence-electron chi connectivity index (χ0n) is 11.7. The number of carbonyl (C=O) groups is 1. The molecule has 0 spiro atoms. The zero-order valence-corrected chi connectivity index (χ0v) is 11.7. The van der Waals surface area contributed by atoms with E-state index in [0.29, 0.717) is 17.7 Å². The average Bonchev–Trinajstić information content (AvgIpc) is 2.81. The molecule has 1 aromatic rings. The summed E-state index contributed by atoms with van der Waals surface area (Å²) in [4.78, 5) is 11.9. The maximum atomic E-state index is 11.9. The van der Waals surface area contributed by atoms with Crippen LogP contribution in [0.3, 0.4) is 0 Å². The molecule has 0 N–H and O–H groups in total. The van der Waals surface area contributed by atoms with Crippen LogP contribution < -0.4 is 0 Å². The van der Waals surface area contributed by atoms with Crippen molar-refractivity contribution in [1.82, 2.24) is 9.78 Å². The van der Waals surface area contributed by atoms with E-state index in [2.05, 4.69) is 31.9 Å². The summed E-state index contributed by atoms with van der Waals surface area (Å²) in [5, 5.41) is 4.60. The molecule has 0 radical (unpaired) electrons. The smallest absolute Gasteiger partial charge is 0.136 e. The van der Waals surface area contributed by atoms with Gasteiger partial charge in [0.15, 0.2) is 0 Å². The Hall–Kier alpha value is -1.12. The van der Waals surface area contributed by atoms with Gasteiger partial charge in [-0.2, -0.15) is 5.10 Å². The zero-order chi connectivity index (χ0) is 13.1. The van der Waals surface area contributed by atoms with Crippen molar-refractivity contribution < 1.29 is 4.79 Å². The third-order valence-corrected chi connectivity index (χ3v) is 4.19. The van der Waals surface area contributed by atoms with Crippen molar-refractivity contribution in [3.8, 4) is 0 Å². The molecule has 0 aliphatic heterocycles. The van der Waals surface area contributed by atoms with Crippen molar-refractivity contribution in [2.24, 2.45) is 11.8 Å². The molecule has 3 unspecified atom stereocenters. The fourth-order valence-corrected chi connectivity index (χ4v) is 2.70. The van der Waals surface area contributed by atoms with Gasteiger partial charge in [-0.15, -0.1) is 0 Å². The number of carbonyl (C=O) groups excluding carboxylic acids is 1. The Bertz CT molecular complexity index is 410. The maximum Gasteiger partial charge on any atom is 0.136 e. The molecule has 1 saturated carbocycles. The Morgan fingerprint density at radius 1 is 1.56 bits per heavy atom. The summed E-state index contributed by atoms with van der Waals surface area (Å²) in [5.74, 6) is 1.32. The fourth-order valence-electron chi connectivity index (χ4n) is 2.70. The highest BCUT2D eigenvalue weighted by Crippen LogP contribution is 2.28. The van der Waals surface area contributed by atoms with E-state index in [1.165, 1.54) is 0 Å². The van der Waals surface area contributed by atoms with Gasteiger partial charge in [-0.1, -0.05) is 13.8 Å². The van der Waals surface area contributed by atoms with Crippen LogP contribution in [0.25, 0.3) is 0 Å². The van der Waals surface area contributed by atoms with Gasteiger partial charge in [-0.25, -0.2) is 0 Å². The van der Waals surface area contributed by atoms with E-state index in [9.17, 15) is 4.79 Å². The molecule has 3 heteroatoms. The number of hydrogen-bond acceptors (Lipinski definition) is 2. The molecule has 3 atom stereocenters. The Morgan fingerprint density at radius 2 is 2.33 bits per heavy atom. The minimum atomic E-state index is 0.203. The van der Waals surface area contributed by atoms with Gasteiger partial charge in [0.05, 0.1) is 5.69 Å². The predicted molar refractivity (Wildman–Crippen MR) is 72.4 cm³/mol. The van der Waals surface area contributed by atoms with Crippen LogP contribution in [-0.2, 0) is 11.2 Å². The minimum absolute atomic E-state index is 0.203. The van der Waals surface area contributed by atoms with Gasteiger partial charge in [0.1, 0.15) is 5.78 Å². The van der Waals surface area contributed by atoms with Gasteiger partial charge in [0.25, 0.3) is 0 Å². The monoisotopic (exact) mass is 248 g/mol. The third-order valence-electron chi connectivity index (χ3n) is 4.19. The molecule has 18 heavy (non-hydrogen) atoms. The summed E-state index contributed by atoms with van der Waals surface area (Å²) in [5.41, 5.74) is 1.07. The minimum Gasteiger partial charge on any atom is -0.299 e.